The summed E-state index contributed by atoms with van der Waals surface area (Å²) in [6.45, 7) is 1.81. The fourth-order valence-corrected chi connectivity index (χ4v) is 5.49. The Morgan fingerprint density at radius 3 is 2.38 bits per heavy atom. The summed E-state index contributed by atoms with van der Waals surface area (Å²) in [6.07, 6.45) is 3.02. The Labute approximate surface area is 172 Å². The molecule has 1 aliphatic carbocycles. The average Bonchev–Trinajstić information content (AvgIpc) is 3.11. The fourth-order valence-electron chi connectivity index (χ4n) is 4.14. The van der Waals surface area contributed by atoms with Crippen LogP contribution in [0, 0.1) is 0 Å². The third-order valence-corrected chi connectivity index (χ3v) is 7.35. The van der Waals surface area contributed by atoms with Crippen molar-refractivity contribution >= 4 is 15.9 Å². The van der Waals surface area contributed by atoms with Crippen LogP contribution in [-0.2, 0) is 22.9 Å². The molecule has 0 bridgehead atoms. The van der Waals surface area contributed by atoms with Crippen molar-refractivity contribution in [2.24, 2.45) is 0 Å². The number of hydrogen-bond donors (Lipinski definition) is 2. The van der Waals surface area contributed by atoms with Gasteiger partial charge in [-0.25, -0.2) is 13.1 Å². The Hall–Kier alpha value is -2.22. The van der Waals surface area contributed by atoms with Gasteiger partial charge in [0.2, 0.25) is 10.0 Å². The molecule has 0 saturated carbocycles. The fraction of sp³-hybridized carbons (Fsp3) is 0.409. The molecule has 1 heterocycles. The van der Waals surface area contributed by atoms with Gasteiger partial charge in [0.15, 0.2) is 0 Å². The Bertz CT molecular complexity index is 984. The first kappa shape index (κ1) is 20.1. The molecule has 0 aromatic heterocycles. The number of benzene rings is 2. The lowest BCUT2D eigenvalue weighted by Crippen LogP contribution is -2.43. The van der Waals surface area contributed by atoms with E-state index in [1.807, 2.05) is 24.3 Å². The van der Waals surface area contributed by atoms with Crippen LogP contribution in [0.25, 0.3) is 0 Å². The van der Waals surface area contributed by atoms with Gasteiger partial charge in [0, 0.05) is 17.6 Å². The van der Waals surface area contributed by atoms with Crippen LogP contribution in [0.5, 0.6) is 0 Å². The summed E-state index contributed by atoms with van der Waals surface area (Å²) in [5.74, 6) is -0.0971. The van der Waals surface area contributed by atoms with Crippen molar-refractivity contribution in [2.75, 3.05) is 20.1 Å². The first-order chi connectivity index (χ1) is 13.9. The molecule has 2 aromatic carbocycles. The van der Waals surface area contributed by atoms with Crippen molar-refractivity contribution in [1.82, 2.24) is 14.9 Å². The third kappa shape index (κ3) is 4.69. The molecule has 1 atom stereocenters. The number of carbonyl (C=O) groups excluding carboxylic acids is 1. The standard InChI is InChI=1S/C22H27N3O3S/c1-25-11-9-19(10-12-25)24-29(27,28)21-8-7-17-13-20(14-18(17)15-21)23-22(26)16-5-3-2-4-6-16/h2-8,15,19-20,24H,9-14H2,1H3,(H,23,26)/t20-/m0/s1. The average molecular weight is 414 g/mol. The number of likely N-dealkylation sites (tertiary alicyclic amines) is 1. The van der Waals surface area contributed by atoms with Crippen LogP contribution in [0.2, 0.25) is 0 Å². The maximum atomic E-state index is 12.8. The second-order valence-corrected chi connectivity index (χ2v) is 9.79. The molecule has 0 unspecified atom stereocenters. The highest BCUT2D eigenvalue weighted by atomic mass is 32.2. The van der Waals surface area contributed by atoms with E-state index in [9.17, 15) is 13.2 Å². The number of amides is 1. The zero-order valence-electron chi connectivity index (χ0n) is 16.6. The van der Waals surface area contributed by atoms with E-state index in [-0.39, 0.29) is 18.0 Å². The summed E-state index contributed by atoms with van der Waals surface area (Å²) >= 11 is 0. The van der Waals surface area contributed by atoms with Gasteiger partial charge in [-0.2, -0.15) is 0 Å². The monoisotopic (exact) mass is 413 g/mol. The molecule has 7 heteroatoms. The normalized spacial score (nSPS) is 20.4. The second-order valence-electron chi connectivity index (χ2n) is 8.07. The van der Waals surface area contributed by atoms with E-state index < -0.39 is 10.0 Å². The number of nitrogens with zero attached hydrogens (tertiary/aromatic N) is 1. The summed E-state index contributed by atoms with van der Waals surface area (Å²) in [5.41, 5.74) is 2.73. The minimum absolute atomic E-state index is 0.0117. The van der Waals surface area contributed by atoms with Crippen LogP contribution < -0.4 is 10.0 Å². The maximum Gasteiger partial charge on any atom is 0.251 e. The quantitative estimate of drug-likeness (QED) is 0.786. The third-order valence-electron chi connectivity index (χ3n) is 5.83. The molecule has 154 valence electrons. The van der Waals surface area contributed by atoms with Gasteiger partial charge < -0.3 is 10.2 Å². The highest BCUT2D eigenvalue weighted by molar-refractivity contribution is 7.89. The van der Waals surface area contributed by atoms with Gasteiger partial charge in [-0.15, -0.1) is 0 Å². The summed E-state index contributed by atoms with van der Waals surface area (Å²) in [4.78, 5) is 14.9. The van der Waals surface area contributed by atoms with E-state index in [1.54, 1.807) is 24.3 Å². The molecule has 0 spiro atoms. The molecular weight excluding hydrogens is 386 g/mol. The Morgan fingerprint density at radius 2 is 1.66 bits per heavy atom. The van der Waals surface area contributed by atoms with Crippen LogP contribution >= 0.6 is 0 Å². The first-order valence-corrected chi connectivity index (χ1v) is 11.6. The predicted octanol–water partition coefficient (Wildman–Crippen LogP) is 1.96. The summed E-state index contributed by atoms with van der Waals surface area (Å²) in [5, 5.41) is 3.06. The van der Waals surface area contributed by atoms with Crippen molar-refractivity contribution in [1.29, 1.82) is 0 Å². The van der Waals surface area contributed by atoms with Crippen LogP contribution in [0.15, 0.2) is 53.4 Å². The zero-order valence-corrected chi connectivity index (χ0v) is 17.4. The Balaban J connectivity index is 1.41. The number of rotatable bonds is 5. The number of carbonyl (C=O) groups is 1. The number of piperidine rings is 1. The summed E-state index contributed by atoms with van der Waals surface area (Å²) < 4.78 is 28.5. The van der Waals surface area contributed by atoms with Crippen LogP contribution in [0.3, 0.4) is 0 Å². The van der Waals surface area contributed by atoms with E-state index >= 15 is 0 Å². The summed E-state index contributed by atoms with van der Waals surface area (Å²) in [6, 6.07) is 14.4. The van der Waals surface area contributed by atoms with Gasteiger partial charge >= 0.3 is 0 Å². The molecule has 1 amide bonds. The Kier molecular flexibility index (Phi) is 5.72. The summed E-state index contributed by atoms with van der Waals surface area (Å²) in [7, 11) is -1.48. The SMILES string of the molecule is CN1CCC(NS(=O)(=O)c2ccc3c(c2)C[C@@H](NC(=O)c2ccccc2)C3)CC1. The van der Waals surface area contributed by atoms with Crippen LogP contribution in [0.4, 0.5) is 0 Å². The Morgan fingerprint density at radius 1 is 0.966 bits per heavy atom. The number of nitrogens with one attached hydrogen (secondary N) is 2. The van der Waals surface area contributed by atoms with Gasteiger partial charge in [0.1, 0.15) is 0 Å². The van der Waals surface area contributed by atoms with Crippen molar-refractivity contribution in [3.63, 3.8) is 0 Å². The van der Waals surface area contributed by atoms with Gasteiger partial charge in [-0.05, 0) is 81.2 Å². The largest absolute Gasteiger partial charge is 0.349 e. The van der Waals surface area contributed by atoms with Crippen LogP contribution in [-0.4, -0.2) is 51.4 Å². The molecule has 29 heavy (non-hydrogen) atoms. The van der Waals surface area contributed by atoms with Crippen molar-refractivity contribution in [2.45, 2.75) is 42.7 Å². The molecule has 1 saturated heterocycles. The first-order valence-electron chi connectivity index (χ1n) is 10.1. The number of fused-ring (bicyclic) bond motifs is 1. The maximum absolute atomic E-state index is 12.8. The van der Waals surface area contributed by atoms with E-state index in [2.05, 4.69) is 22.0 Å². The molecule has 2 aliphatic rings. The lowest BCUT2D eigenvalue weighted by Gasteiger charge is -2.29. The molecule has 1 fully saturated rings. The lowest BCUT2D eigenvalue weighted by atomic mass is 10.1. The van der Waals surface area contributed by atoms with Gasteiger partial charge in [-0.1, -0.05) is 24.3 Å². The van der Waals surface area contributed by atoms with Crippen molar-refractivity contribution in [3.05, 3.63) is 65.2 Å². The highest BCUT2D eigenvalue weighted by Crippen LogP contribution is 2.26. The lowest BCUT2D eigenvalue weighted by molar-refractivity contribution is 0.0938. The number of sulfonamides is 1. The molecule has 0 radical (unpaired) electrons. The van der Waals surface area contributed by atoms with E-state index in [0.717, 1.165) is 43.5 Å². The van der Waals surface area contributed by atoms with Gasteiger partial charge in [0.05, 0.1) is 4.90 Å². The molecule has 2 aromatic rings. The van der Waals surface area contributed by atoms with Gasteiger partial charge in [-0.3, -0.25) is 4.79 Å². The molecule has 2 N–H and O–H groups in total. The number of hydrogen-bond acceptors (Lipinski definition) is 4. The molecule has 1 aliphatic heterocycles. The molecule has 4 rings (SSSR count). The van der Waals surface area contributed by atoms with E-state index in [1.165, 1.54) is 0 Å². The highest BCUT2D eigenvalue weighted by Gasteiger charge is 2.27. The van der Waals surface area contributed by atoms with E-state index in [4.69, 9.17) is 0 Å². The molecule has 6 nitrogen and oxygen atoms in total. The topological polar surface area (TPSA) is 78.5 Å². The van der Waals surface area contributed by atoms with E-state index in [0.29, 0.717) is 16.9 Å². The molecular formula is C22H27N3O3S. The van der Waals surface area contributed by atoms with Gasteiger partial charge in [0.25, 0.3) is 5.91 Å². The van der Waals surface area contributed by atoms with Crippen molar-refractivity contribution in [3.8, 4) is 0 Å². The van der Waals surface area contributed by atoms with Crippen molar-refractivity contribution < 1.29 is 13.2 Å². The minimum Gasteiger partial charge on any atom is -0.349 e. The van der Waals surface area contributed by atoms with Crippen LogP contribution in [0.1, 0.15) is 34.3 Å². The second kappa shape index (κ2) is 8.26. The zero-order chi connectivity index (χ0) is 20.4. The predicted molar refractivity (Wildman–Crippen MR) is 112 cm³/mol. The minimum atomic E-state index is -3.54. The smallest absolute Gasteiger partial charge is 0.251 e.